The predicted molar refractivity (Wildman–Crippen MR) is 138 cm³/mol. The molecule has 1 saturated heterocycles. The number of aromatic nitrogens is 2. The molecule has 198 valence electrons. The van der Waals surface area contributed by atoms with Crippen molar-refractivity contribution in [1.29, 1.82) is 0 Å². The Bertz CT molecular complexity index is 1220. The van der Waals surface area contributed by atoms with E-state index in [1.807, 2.05) is 17.8 Å². The number of methoxy groups -OCH3 is 1. The summed E-state index contributed by atoms with van der Waals surface area (Å²) in [5.41, 5.74) is 3.02. The lowest BCUT2D eigenvalue weighted by Crippen LogP contribution is -2.47. The Morgan fingerprint density at radius 1 is 1.08 bits per heavy atom. The highest BCUT2D eigenvalue weighted by molar-refractivity contribution is 6.34. The van der Waals surface area contributed by atoms with Crippen LogP contribution >= 0.6 is 11.6 Å². The number of halogens is 4. The van der Waals surface area contributed by atoms with Crippen LogP contribution in [0.5, 0.6) is 0 Å². The maximum absolute atomic E-state index is 12.8. The average molecular weight is 536 g/mol. The maximum Gasteiger partial charge on any atom is 0.416 e. The van der Waals surface area contributed by atoms with Gasteiger partial charge in [-0.3, -0.25) is 14.9 Å². The third kappa shape index (κ3) is 6.56. The number of nitrogens with zero attached hydrogens (tertiary/aromatic N) is 4. The van der Waals surface area contributed by atoms with Gasteiger partial charge in [0.05, 0.1) is 34.8 Å². The first-order valence-electron chi connectivity index (χ1n) is 12.0. The van der Waals surface area contributed by atoms with E-state index in [2.05, 4.69) is 20.2 Å². The highest BCUT2D eigenvalue weighted by Gasteiger charge is 2.30. The Kier molecular flexibility index (Phi) is 8.29. The zero-order valence-electron chi connectivity index (χ0n) is 20.7. The van der Waals surface area contributed by atoms with Crippen molar-refractivity contribution in [3.63, 3.8) is 0 Å². The standard InChI is InChI=1S/C26H29ClF3N5O2/c1-18-17-35(32-23(18)19-7-9-20(10-8-19)26(28,29)30)12-4-11-33-13-15-34(16-14-33)24-21(27)5-3-6-22(24)31-25(36)37-2/h3,5-10,17H,4,11-16H2,1-2H3,(H,31,36). The van der Waals surface area contributed by atoms with Crippen molar-refractivity contribution in [3.8, 4) is 11.3 Å². The summed E-state index contributed by atoms with van der Waals surface area (Å²) in [4.78, 5) is 16.2. The monoisotopic (exact) mass is 535 g/mol. The minimum atomic E-state index is -4.35. The number of hydrogen-bond donors (Lipinski definition) is 1. The highest BCUT2D eigenvalue weighted by atomic mass is 35.5. The molecule has 2 heterocycles. The summed E-state index contributed by atoms with van der Waals surface area (Å²) < 4.78 is 45.1. The topological polar surface area (TPSA) is 62.6 Å². The van der Waals surface area contributed by atoms with Gasteiger partial charge in [-0.05, 0) is 43.2 Å². The van der Waals surface area contributed by atoms with Gasteiger partial charge in [0.1, 0.15) is 0 Å². The molecule has 1 aliphatic rings. The number of carbonyl (C=O) groups is 1. The molecule has 0 saturated carbocycles. The lowest BCUT2D eigenvalue weighted by atomic mass is 10.1. The van der Waals surface area contributed by atoms with Crippen LogP contribution in [0, 0.1) is 6.92 Å². The quantitative estimate of drug-likeness (QED) is 0.407. The number of ether oxygens (including phenoxy) is 1. The smallest absolute Gasteiger partial charge is 0.416 e. The second kappa shape index (κ2) is 11.4. The van der Waals surface area contributed by atoms with Crippen LogP contribution < -0.4 is 10.2 Å². The summed E-state index contributed by atoms with van der Waals surface area (Å²) in [5.74, 6) is 0. The van der Waals surface area contributed by atoms with Crippen LogP contribution in [-0.4, -0.2) is 60.6 Å². The Morgan fingerprint density at radius 2 is 1.78 bits per heavy atom. The maximum atomic E-state index is 12.8. The molecule has 0 spiro atoms. The Balaban J connectivity index is 1.29. The van der Waals surface area contributed by atoms with E-state index in [4.69, 9.17) is 16.3 Å². The molecule has 4 rings (SSSR count). The number of carbonyl (C=O) groups excluding carboxylic acids is 1. The van der Waals surface area contributed by atoms with E-state index in [0.717, 1.165) is 62.5 Å². The van der Waals surface area contributed by atoms with E-state index in [-0.39, 0.29) is 0 Å². The molecule has 3 aromatic rings. The van der Waals surface area contributed by atoms with Crippen LogP contribution in [0.2, 0.25) is 5.02 Å². The number of nitrogens with one attached hydrogen (secondary N) is 1. The van der Waals surface area contributed by atoms with Crippen LogP contribution in [0.4, 0.5) is 29.3 Å². The molecule has 2 aromatic carbocycles. The van der Waals surface area contributed by atoms with Crippen LogP contribution in [0.25, 0.3) is 11.3 Å². The second-order valence-corrected chi connectivity index (χ2v) is 9.34. The number of anilines is 2. The number of para-hydroxylation sites is 1. The molecule has 1 aliphatic heterocycles. The van der Waals surface area contributed by atoms with Crippen molar-refractivity contribution in [1.82, 2.24) is 14.7 Å². The number of aryl methyl sites for hydroxylation is 2. The van der Waals surface area contributed by atoms with Gasteiger partial charge in [0, 0.05) is 51.0 Å². The van der Waals surface area contributed by atoms with E-state index in [1.165, 1.54) is 19.2 Å². The van der Waals surface area contributed by atoms with E-state index < -0.39 is 17.8 Å². The lowest BCUT2D eigenvalue weighted by molar-refractivity contribution is -0.137. The summed E-state index contributed by atoms with van der Waals surface area (Å²) >= 11 is 6.46. The number of hydrogen-bond acceptors (Lipinski definition) is 5. The average Bonchev–Trinajstić information content (AvgIpc) is 3.24. The van der Waals surface area contributed by atoms with Crippen LogP contribution in [0.15, 0.2) is 48.7 Å². The van der Waals surface area contributed by atoms with E-state index in [1.54, 1.807) is 18.2 Å². The minimum Gasteiger partial charge on any atom is -0.453 e. The van der Waals surface area contributed by atoms with E-state index >= 15 is 0 Å². The van der Waals surface area contributed by atoms with Crippen molar-refractivity contribution in [3.05, 3.63) is 64.8 Å². The number of benzene rings is 2. The summed E-state index contributed by atoms with van der Waals surface area (Å²) in [6.45, 7) is 6.72. The molecule has 0 bridgehead atoms. The van der Waals surface area contributed by atoms with Crippen LogP contribution in [-0.2, 0) is 17.5 Å². The first-order valence-corrected chi connectivity index (χ1v) is 12.4. The molecule has 11 heteroatoms. The third-order valence-corrected chi connectivity index (χ3v) is 6.69. The molecular formula is C26H29ClF3N5O2. The van der Waals surface area contributed by atoms with Crippen molar-refractivity contribution in [2.75, 3.05) is 50.1 Å². The van der Waals surface area contributed by atoms with Gasteiger partial charge in [0.15, 0.2) is 0 Å². The molecule has 0 unspecified atom stereocenters. The first-order chi connectivity index (χ1) is 17.7. The fraction of sp³-hybridized carbons (Fsp3) is 0.385. The van der Waals surface area contributed by atoms with Crippen molar-refractivity contribution < 1.29 is 22.7 Å². The highest BCUT2D eigenvalue weighted by Crippen LogP contribution is 2.35. The minimum absolute atomic E-state index is 0.544. The van der Waals surface area contributed by atoms with E-state index in [0.29, 0.717) is 28.5 Å². The zero-order chi connectivity index (χ0) is 26.6. The van der Waals surface area contributed by atoms with Crippen molar-refractivity contribution in [2.24, 2.45) is 0 Å². The molecule has 37 heavy (non-hydrogen) atoms. The van der Waals surface area contributed by atoms with Crippen LogP contribution in [0.1, 0.15) is 17.5 Å². The van der Waals surface area contributed by atoms with Crippen molar-refractivity contribution >= 4 is 29.1 Å². The fourth-order valence-electron chi connectivity index (χ4n) is 4.49. The van der Waals surface area contributed by atoms with Crippen molar-refractivity contribution in [2.45, 2.75) is 26.1 Å². The third-order valence-electron chi connectivity index (χ3n) is 6.39. The summed E-state index contributed by atoms with van der Waals surface area (Å²) in [6, 6.07) is 10.5. The SMILES string of the molecule is COC(=O)Nc1cccc(Cl)c1N1CCN(CCCn2cc(C)c(-c3ccc(C(F)(F)F)cc3)n2)CC1. The number of piperazine rings is 1. The van der Waals surface area contributed by atoms with Gasteiger partial charge in [-0.1, -0.05) is 29.8 Å². The predicted octanol–water partition coefficient (Wildman–Crippen LogP) is 5.92. The lowest BCUT2D eigenvalue weighted by Gasteiger charge is -2.37. The summed E-state index contributed by atoms with van der Waals surface area (Å²) in [5, 5.41) is 7.90. The molecule has 0 aliphatic carbocycles. The van der Waals surface area contributed by atoms with Gasteiger partial charge in [-0.15, -0.1) is 0 Å². The van der Waals surface area contributed by atoms with Gasteiger partial charge in [0.2, 0.25) is 0 Å². The molecule has 1 amide bonds. The number of rotatable bonds is 7. The molecule has 1 N–H and O–H groups in total. The normalized spacial score (nSPS) is 14.6. The molecule has 1 aromatic heterocycles. The molecule has 1 fully saturated rings. The first kappa shape index (κ1) is 26.8. The Labute approximate surface area is 218 Å². The molecule has 0 radical (unpaired) electrons. The van der Waals surface area contributed by atoms with Crippen LogP contribution in [0.3, 0.4) is 0 Å². The second-order valence-electron chi connectivity index (χ2n) is 8.93. The fourth-order valence-corrected chi connectivity index (χ4v) is 4.78. The largest absolute Gasteiger partial charge is 0.453 e. The van der Waals surface area contributed by atoms with Gasteiger partial charge >= 0.3 is 12.3 Å². The Morgan fingerprint density at radius 3 is 2.43 bits per heavy atom. The van der Waals surface area contributed by atoms with Gasteiger partial charge < -0.3 is 9.64 Å². The van der Waals surface area contributed by atoms with Gasteiger partial charge in [-0.25, -0.2) is 4.79 Å². The zero-order valence-corrected chi connectivity index (χ0v) is 21.4. The van der Waals surface area contributed by atoms with Gasteiger partial charge in [-0.2, -0.15) is 18.3 Å². The number of amides is 1. The molecule has 7 nitrogen and oxygen atoms in total. The summed E-state index contributed by atoms with van der Waals surface area (Å²) in [7, 11) is 1.32. The number of alkyl halides is 3. The summed E-state index contributed by atoms with van der Waals surface area (Å²) in [6.07, 6.45) is -2.08. The molecule has 0 atom stereocenters. The Hall–Kier alpha value is -3.24. The van der Waals surface area contributed by atoms with Gasteiger partial charge in [0.25, 0.3) is 0 Å². The molecular weight excluding hydrogens is 507 g/mol. The van der Waals surface area contributed by atoms with E-state index in [9.17, 15) is 18.0 Å².